The Morgan fingerprint density at radius 1 is 1.14 bits per heavy atom. The van der Waals surface area contributed by atoms with Crippen molar-refractivity contribution in [1.29, 1.82) is 0 Å². The highest BCUT2D eigenvalue weighted by atomic mass is 15.3. The van der Waals surface area contributed by atoms with E-state index in [4.69, 9.17) is 11.5 Å². The van der Waals surface area contributed by atoms with Crippen LogP contribution in [0.25, 0.3) is 5.69 Å². The highest BCUT2D eigenvalue weighted by Crippen LogP contribution is 2.21. The Bertz CT molecular complexity index is 445. The van der Waals surface area contributed by atoms with Crippen molar-refractivity contribution < 1.29 is 0 Å². The standard InChI is InChI=1S/C10H12N4/c1-7-9(11)10(12)14(13-7)8-5-3-2-4-6-8/h2-6H,11-12H2,1H3. The summed E-state index contributed by atoms with van der Waals surface area (Å²) in [5.74, 6) is 0.494. The van der Waals surface area contributed by atoms with Crippen molar-refractivity contribution in [3.8, 4) is 5.69 Å². The molecule has 4 heteroatoms. The summed E-state index contributed by atoms with van der Waals surface area (Å²) in [6, 6.07) is 9.67. The number of aromatic nitrogens is 2. The molecule has 14 heavy (non-hydrogen) atoms. The number of benzene rings is 1. The minimum Gasteiger partial charge on any atom is -0.394 e. The molecule has 0 spiro atoms. The first kappa shape index (κ1) is 8.62. The monoisotopic (exact) mass is 188 g/mol. The number of hydrogen-bond donors (Lipinski definition) is 2. The second-order valence-corrected chi connectivity index (χ2v) is 3.13. The second-order valence-electron chi connectivity index (χ2n) is 3.13. The maximum Gasteiger partial charge on any atom is 0.150 e. The van der Waals surface area contributed by atoms with Crippen LogP contribution in [-0.4, -0.2) is 9.78 Å². The van der Waals surface area contributed by atoms with Crippen LogP contribution in [0.2, 0.25) is 0 Å². The highest BCUT2D eigenvalue weighted by molar-refractivity contribution is 5.64. The van der Waals surface area contributed by atoms with Gasteiger partial charge in [0.15, 0.2) is 5.82 Å². The third kappa shape index (κ3) is 1.21. The third-order valence-electron chi connectivity index (χ3n) is 2.14. The summed E-state index contributed by atoms with van der Waals surface area (Å²) in [6.45, 7) is 1.84. The maximum atomic E-state index is 5.81. The fourth-order valence-electron chi connectivity index (χ4n) is 1.32. The van der Waals surface area contributed by atoms with Gasteiger partial charge in [-0.05, 0) is 19.1 Å². The summed E-state index contributed by atoms with van der Waals surface area (Å²) in [7, 11) is 0. The molecule has 0 aliphatic heterocycles. The molecule has 2 aromatic rings. The number of para-hydroxylation sites is 1. The van der Waals surface area contributed by atoms with E-state index in [-0.39, 0.29) is 0 Å². The van der Waals surface area contributed by atoms with E-state index in [0.29, 0.717) is 11.5 Å². The average molecular weight is 188 g/mol. The summed E-state index contributed by atoms with van der Waals surface area (Å²) in [6.07, 6.45) is 0. The molecule has 0 bridgehead atoms. The quantitative estimate of drug-likeness (QED) is 0.709. The van der Waals surface area contributed by atoms with Crippen LogP contribution in [0.3, 0.4) is 0 Å². The zero-order chi connectivity index (χ0) is 10.1. The molecule has 1 aromatic heterocycles. The first-order valence-corrected chi connectivity index (χ1v) is 4.36. The first-order valence-electron chi connectivity index (χ1n) is 4.36. The van der Waals surface area contributed by atoms with E-state index in [0.717, 1.165) is 11.4 Å². The molecule has 0 saturated carbocycles. The van der Waals surface area contributed by atoms with E-state index >= 15 is 0 Å². The zero-order valence-electron chi connectivity index (χ0n) is 7.94. The Morgan fingerprint density at radius 2 is 1.79 bits per heavy atom. The molecule has 0 fully saturated rings. The lowest BCUT2D eigenvalue weighted by Gasteiger charge is -2.02. The van der Waals surface area contributed by atoms with E-state index in [1.807, 2.05) is 37.3 Å². The van der Waals surface area contributed by atoms with Crippen LogP contribution in [0, 0.1) is 6.92 Å². The number of hydrogen-bond acceptors (Lipinski definition) is 3. The Morgan fingerprint density at radius 3 is 2.29 bits per heavy atom. The van der Waals surface area contributed by atoms with Gasteiger partial charge in [-0.2, -0.15) is 5.10 Å². The molecule has 72 valence electrons. The number of nitrogens with zero attached hydrogens (tertiary/aromatic N) is 2. The van der Waals surface area contributed by atoms with Gasteiger partial charge in [0, 0.05) is 0 Å². The Kier molecular flexibility index (Phi) is 1.89. The number of nitrogen functional groups attached to an aromatic ring is 2. The molecule has 4 nitrogen and oxygen atoms in total. The lowest BCUT2D eigenvalue weighted by atomic mass is 10.3. The van der Waals surface area contributed by atoms with Crippen molar-refractivity contribution in [1.82, 2.24) is 9.78 Å². The number of aryl methyl sites for hydroxylation is 1. The topological polar surface area (TPSA) is 69.9 Å². The van der Waals surface area contributed by atoms with Gasteiger partial charge in [-0.3, -0.25) is 0 Å². The van der Waals surface area contributed by atoms with Gasteiger partial charge in [-0.15, -0.1) is 0 Å². The molecule has 4 N–H and O–H groups in total. The van der Waals surface area contributed by atoms with Crippen molar-refractivity contribution >= 4 is 11.5 Å². The summed E-state index contributed by atoms with van der Waals surface area (Å²) in [5, 5.41) is 4.25. The van der Waals surface area contributed by atoms with Crippen LogP contribution in [0.5, 0.6) is 0 Å². The lowest BCUT2D eigenvalue weighted by molar-refractivity contribution is 0.872. The van der Waals surface area contributed by atoms with Gasteiger partial charge in [0.1, 0.15) is 0 Å². The molecule has 0 aliphatic rings. The molecule has 1 aromatic carbocycles. The lowest BCUT2D eigenvalue weighted by Crippen LogP contribution is -2.02. The van der Waals surface area contributed by atoms with Crippen LogP contribution < -0.4 is 11.5 Å². The fourth-order valence-corrected chi connectivity index (χ4v) is 1.32. The minimum atomic E-state index is 0.494. The predicted molar refractivity (Wildman–Crippen MR) is 57.1 cm³/mol. The van der Waals surface area contributed by atoms with Gasteiger partial charge in [-0.1, -0.05) is 18.2 Å². The smallest absolute Gasteiger partial charge is 0.150 e. The van der Waals surface area contributed by atoms with Crippen LogP contribution in [0.15, 0.2) is 30.3 Å². The van der Waals surface area contributed by atoms with Gasteiger partial charge >= 0.3 is 0 Å². The van der Waals surface area contributed by atoms with Crippen LogP contribution >= 0.6 is 0 Å². The van der Waals surface area contributed by atoms with E-state index in [2.05, 4.69) is 5.10 Å². The van der Waals surface area contributed by atoms with Crippen LogP contribution in [0.4, 0.5) is 11.5 Å². The Hall–Kier alpha value is -1.97. The highest BCUT2D eigenvalue weighted by Gasteiger charge is 2.09. The summed E-state index contributed by atoms with van der Waals surface area (Å²) in [4.78, 5) is 0. The van der Waals surface area contributed by atoms with Crippen LogP contribution in [-0.2, 0) is 0 Å². The molecule has 0 radical (unpaired) electrons. The SMILES string of the molecule is Cc1nn(-c2ccccc2)c(N)c1N. The molecule has 0 unspecified atom stereocenters. The molecular formula is C10H12N4. The molecular weight excluding hydrogens is 176 g/mol. The van der Waals surface area contributed by atoms with Gasteiger partial charge in [-0.25, -0.2) is 4.68 Å². The van der Waals surface area contributed by atoms with E-state index < -0.39 is 0 Å². The maximum absolute atomic E-state index is 5.81. The number of nitrogens with two attached hydrogens (primary N) is 2. The molecule has 0 amide bonds. The van der Waals surface area contributed by atoms with Gasteiger partial charge in [0.2, 0.25) is 0 Å². The van der Waals surface area contributed by atoms with Crippen molar-refractivity contribution in [2.24, 2.45) is 0 Å². The Balaban J connectivity index is 2.58. The summed E-state index contributed by atoms with van der Waals surface area (Å²) in [5.41, 5.74) is 13.8. The van der Waals surface area contributed by atoms with Gasteiger partial charge in [0.25, 0.3) is 0 Å². The normalized spacial score (nSPS) is 10.4. The van der Waals surface area contributed by atoms with Crippen molar-refractivity contribution in [3.63, 3.8) is 0 Å². The summed E-state index contributed by atoms with van der Waals surface area (Å²) < 4.78 is 1.64. The van der Waals surface area contributed by atoms with E-state index in [1.54, 1.807) is 4.68 Å². The molecule has 0 atom stereocenters. The number of anilines is 2. The second kappa shape index (κ2) is 3.06. The van der Waals surface area contributed by atoms with E-state index in [1.165, 1.54) is 0 Å². The fraction of sp³-hybridized carbons (Fsp3) is 0.100. The molecule has 0 saturated heterocycles. The van der Waals surface area contributed by atoms with Gasteiger partial charge < -0.3 is 11.5 Å². The van der Waals surface area contributed by atoms with Crippen molar-refractivity contribution in [2.45, 2.75) is 6.92 Å². The van der Waals surface area contributed by atoms with Crippen LogP contribution in [0.1, 0.15) is 5.69 Å². The van der Waals surface area contributed by atoms with Crippen molar-refractivity contribution in [2.75, 3.05) is 11.5 Å². The summed E-state index contributed by atoms with van der Waals surface area (Å²) >= 11 is 0. The van der Waals surface area contributed by atoms with Gasteiger partial charge in [0.05, 0.1) is 17.1 Å². The third-order valence-corrected chi connectivity index (χ3v) is 2.14. The molecule has 0 aliphatic carbocycles. The molecule has 1 heterocycles. The molecule has 2 rings (SSSR count). The number of rotatable bonds is 1. The Labute approximate surface area is 82.1 Å². The average Bonchev–Trinajstić information content (AvgIpc) is 2.47. The van der Waals surface area contributed by atoms with E-state index in [9.17, 15) is 0 Å². The zero-order valence-corrected chi connectivity index (χ0v) is 7.94. The van der Waals surface area contributed by atoms with Crippen molar-refractivity contribution in [3.05, 3.63) is 36.0 Å². The minimum absolute atomic E-state index is 0.494. The largest absolute Gasteiger partial charge is 0.394 e. The first-order chi connectivity index (χ1) is 6.70. The predicted octanol–water partition coefficient (Wildman–Crippen LogP) is 1.35.